The van der Waals surface area contributed by atoms with Crippen LogP contribution in [0.25, 0.3) is 0 Å². The van der Waals surface area contributed by atoms with Crippen molar-refractivity contribution in [2.45, 2.75) is 57.7 Å². The second-order valence-corrected chi connectivity index (χ2v) is 5.74. The van der Waals surface area contributed by atoms with Crippen LogP contribution in [0.1, 0.15) is 38.2 Å². The fourth-order valence-corrected chi connectivity index (χ4v) is 3.57. The van der Waals surface area contributed by atoms with Gasteiger partial charge in [0.25, 0.3) is 0 Å². The molecule has 0 radical (unpaired) electrons. The van der Waals surface area contributed by atoms with Crippen LogP contribution in [0.4, 0.5) is 5.82 Å². The number of nitrogens with zero attached hydrogens (tertiary/aromatic N) is 2. The Morgan fingerprint density at radius 2 is 2.06 bits per heavy atom. The Labute approximate surface area is 110 Å². The third kappa shape index (κ3) is 2.24. The summed E-state index contributed by atoms with van der Waals surface area (Å²) in [5.74, 6) is 1.16. The number of anilines is 1. The lowest BCUT2D eigenvalue weighted by atomic mass is 9.98. The molecule has 0 aromatic carbocycles. The molecule has 2 aliphatic rings. The highest BCUT2D eigenvalue weighted by atomic mass is 15.2. The summed E-state index contributed by atoms with van der Waals surface area (Å²) in [6, 6.07) is 6.44. The molecule has 2 bridgehead atoms. The Kier molecular flexibility index (Phi) is 3.25. The van der Waals surface area contributed by atoms with Crippen LogP contribution in [-0.4, -0.2) is 29.7 Å². The third-order valence-corrected chi connectivity index (χ3v) is 4.42. The van der Waals surface area contributed by atoms with E-state index in [0.717, 1.165) is 24.4 Å². The minimum absolute atomic E-state index is 0.669. The zero-order valence-electron chi connectivity index (χ0n) is 11.4. The van der Waals surface area contributed by atoms with E-state index in [2.05, 4.69) is 41.2 Å². The number of aromatic nitrogens is 1. The van der Waals surface area contributed by atoms with Crippen molar-refractivity contribution in [3.63, 3.8) is 0 Å². The Hall–Kier alpha value is -1.09. The van der Waals surface area contributed by atoms with Gasteiger partial charge in [0.05, 0.1) is 0 Å². The van der Waals surface area contributed by atoms with Crippen LogP contribution < -0.4 is 10.2 Å². The van der Waals surface area contributed by atoms with E-state index in [1.165, 1.54) is 31.2 Å². The summed E-state index contributed by atoms with van der Waals surface area (Å²) in [5, 5.41) is 3.72. The van der Waals surface area contributed by atoms with Crippen molar-refractivity contribution < 1.29 is 0 Å². The number of nitrogens with one attached hydrogen (secondary N) is 1. The number of hydrogen-bond donors (Lipinski definition) is 1. The molecule has 1 aromatic rings. The van der Waals surface area contributed by atoms with E-state index in [-0.39, 0.29) is 0 Å². The number of piperidine rings is 1. The summed E-state index contributed by atoms with van der Waals surface area (Å²) in [4.78, 5) is 7.06. The number of hydrogen-bond acceptors (Lipinski definition) is 3. The van der Waals surface area contributed by atoms with Crippen molar-refractivity contribution in [2.75, 3.05) is 11.4 Å². The maximum atomic E-state index is 4.56. The van der Waals surface area contributed by atoms with Gasteiger partial charge in [-0.2, -0.15) is 0 Å². The largest absolute Gasteiger partial charge is 0.354 e. The maximum absolute atomic E-state index is 4.56. The third-order valence-electron chi connectivity index (χ3n) is 4.42. The lowest BCUT2D eigenvalue weighted by molar-refractivity contribution is 0.348. The summed E-state index contributed by atoms with van der Waals surface area (Å²) >= 11 is 0. The van der Waals surface area contributed by atoms with Crippen LogP contribution >= 0.6 is 0 Å². The van der Waals surface area contributed by atoms with Crippen molar-refractivity contribution in [3.05, 3.63) is 23.9 Å². The van der Waals surface area contributed by atoms with E-state index < -0.39 is 0 Å². The average Bonchev–Trinajstić information content (AvgIpc) is 2.70. The first-order chi connectivity index (χ1) is 8.76. The monoisotopic (exact) mass is 245 g/mol. The molecule has 98 valence electrons. The van der Waals surface area contributed by atoms with Crippen molar-refractivity contribution in [1.82, 2.24) is 10.3 Å². The average molecular weight is 245 g/mol. The van der Waals surface area contributed by atoms with Gasteiger partial charge in [-0.15, -0.1) is 0 Å². The smallest absolute Gasteiger partial charge is 0.128 e. The topological polar surface area (TPSA) is 28.2 Å². The van der Waals surface area contributed by atoms with Gasteiger partial charge in [-0.05, 0) is 57.2 Å². The fourth-order valence-electron chi connectivity index (χ4n) is 3.57. The van der Waals surface area contributed by atoms with Crippen molar-refractivity contribution in [2.24, 2.45) is 0 Å². The van der Waals surface area contributed by atoms with Crippen LogP contribution in [0.5, 0.6) is 0 Å². The molecule has 0 aliphatic carbocycles. The summed E-state index contributed by atoms with van der Waals surface area (Å²) in [5.41, 5.74) is 1.30. The van der Waals surface area contributed by atoms with Crippen molar-refractivity contribution in [3.8, 4) is 0 Å². The maximum Gasteiger partial charge on any atom is 0.128 e. The van der Waals surface area contributed by atoms with E-state index in [0.29, 0.717) is 6.04 Å². The lowest BCUT2D eigenvalue weighted by Crippen LogP contribution is -2.48. The van der Waals surface area contributed by atoms with Crippen molar-refractivity contribution >= 4 is 5.82 Å². The van der Waals surface area contributed by atoms with E-state index in [1.807, 2.05) is 6.20 Å². The Morgan fingerprint density at radius 1 is 1.33 bits per heavy atom. The van der Waals surface area contributed by atoms with Gasteiger partial charge in [0, 0.05) is 30.9 Å². The highest BCUT2D eigenvalue weighted by Crippen LogP contribution is 2.31. The summed E-state index contributed by atoms with van der Waals surface area (Å²) in [6.45, 7) is 5.44. The zero-order valence-corrected chi connectivity index (χ0v) is 11.4. The van der Waals surface area contributed by atoms with E-state index >= 15 is 0 Å². The molecule has 0 spiro atoms. The van der Waals surface area contributed by atoms with E-state index in [4.69, 9.17) is 0 Å². The molecule has 2 unspecified atom stereocenters. The molecule has 3 nitrogen and oxygen atoms in total. The van der Waals surface area contributed by atoms with Gasteiger partial charge >= 0.3 is 0 Å². The molecule has 0 amide bonds. The van der Waals surface area contributed by atoms with E-state index in [1.54, 1.807) is 0 Å². The predicted molar refractivity (Wildman–Crippen MR) is 75.0 cm³/mol. The van der Waals surface area contributed by atoms with Gasteiger partial charge in [-0.25, -0.2) is 4.98 Å². The minimum Gasteiger partial charge on any atom is -0.354 e. The summed E-state index contributed by atoms with van der Waals surface area (Å²) in [7, 11) is 0. The molecule has 1 aromatic heterocycles. The van der Waals surface area contributed by atoms with Gasteiger partial charge in [0.15, 0.2) is 0 Å². The molecule has 2 saturated heterocycles. The predicted octanol–water partition coefficient (Wildman–Crippen LogP) is 2.50. The lowest BCUT2D eigenvalue weighted by Gasteiger charge is -2.38. The highest BCUT2D eigenvalue weighted by molar-refractivity contribution is 5.42. The molecule has 18 heavy (non-hydrogen) atoms. The number of pyridine rings is 1. The quantitative estimate of drug-likeness (QED) is 0.887. The first kappa shape index (κ1) is 12.0. The Morgan fingerprint density at radius 3 is 2.67 bits per heavy atom. The summed E-state index contributed by atoms with van der Waals surface area (Å²) < 4.78 is 0. The highest BCUT2D eigenvalue weighted by Gasteiger charge is 2.36. The fraction of sp³-hybridized carbons (Fsp3) is 0.667. The Balaban J connectivity index is 1.80. The summed E-state index contributed by atoms with van der Waals surface area (Å²) in [6.07, 6.45) is 7.21. The first-order valence-corrected chi connectivity index (χ1v) is 7.21. The van der Waals surface area contributed by atoms with Gasteiger partial charge in [0.1, 0.15) is 5.82 Å². The first-order valence-electron chi connectivity index (χ1n) is 7.21. The van der Waals surface area contributed by atoms with Gasteiger partial charge in [-0.1, -0.05) is 0 Å². The minimum atomic E-state index is 0.669. The molecular formula is C15H23N3. The molecule has 2 atom stereocenters. The molecular weight excluding hydrogens is 222 g/mol. The Bertz CT molecular complexity index is 406. The molecule has 3 heteroatoms. The number of rotatable bonds is 3. The van der Waals surface area contributed by atoms with Crippen LogP contribution in [0.15, 0.2) is 18.3 Å². The normalized spacial score (nSPS) is 30.4. The number of aryl methyl sites for hydroxylation is 1. The van der Waals surface area contributed by atoms with Gasteiger partial charge < -0.3 is 10.2 Å². The van der Waals surface area contributed by atoms with Crippen LogP contribution in [0, 0.1) is 6.92 Å². The number of fused-ring (bicyclic) bond motifs is 2. The van der Waals surface area contributed by atoms with Crippen LogP contribution in [0.2, 0.25) is 0 Å². The van der Waals surface area contributed by atoms with Crippen LogP contribution in [-0.2, 0) is 0 Å². The molecule has 2 aliphatic heterocycles. The molecule has 3 heterocycles. The molecule has 1 N–H and O–H groups in total. The SMILES string of the molecule is CCN(c1cc(C)ccn1)C1CC2CCC(C1)N2. The van der Waals surface area contributed by atoms with Gasteiger partial charge in [-0.3, -0.25) is 0 Å². The van der Waals surface area contributed by atoms with Crippen LogP contribution in [0.3, 0.4) is 0 Å². The zero-order chi connectivity index (χ0) is 12.5. The van der Waals surface area contributed by atoms with E-state index in [9.17, 15) is 0 Å². The second-order valence-electron chi connectivity index (χ2n) is 5.74. The second kappa shape index (κ2) is 4.88. The van der Waals surface area contributed by atoms with Crippen molar-refractivity contribution in [1.29, 1.82) is 0 Å². The molecule has 2 fully saturated rings. The van der Waals surface area contributed by atoms with Gasteiger partial charge in [0.2, 0.25) is 0 Å². The molecule has 3 rings (SSSR count). The standard InChI is InChI=1S/C15H23N3/c1-3-18(15-8-11(2)6-7-16-15)14-9-12-4-5-13(10-14)17-12/h6-8,12-14,17H,3-5,9-10H2,1-2H3. The molecule has 0 saturated carbocycles.